The lowest BCUT2D eigenvalue weighted by Gasteiger charge is -2.09. The van der Waals surface area contributed by atoms with Crippen LogP contribution in [0.15, 0.2) is 11.1 Å². The molecule has 0 radical (unpaired) electrons. The van der Waals surface area contributed by atoms with Gasteiger partial charge in [-0.3, -0.25) is 4.79 Å². The maximum atomic E-state index is 11.1. The Hall–Kier alpha value is -0.310. The number of hydrogen-bond acceptors (Lipinski definition) is 1. The molecule has 1 unspecified atom stereocenters. The largest absolute Gasteiger partial charge is 0.345 e. The number of amides is 1. The Balaban J connectivity index is 2.86. The number of carbonyl (C=O) groups excluding carboxylic acids is 1. The van der Waals surface area contributed by atoms with Crippen LogP contribution < -0.4 is 5.32 Å². The molecule has 0 aromatic rings. The highest BCUT2D eigenvalue weighted by Gasteiger charge is 2.25. The molecule has 1 aliphatic rings. The zero-order valence-electron chi connectivity index (χ0n) is 6.78. The summed E-state index contributed by atoms with van der Waals surface area (Å²) in [5.74, 6) is 0.0892. The molecule has 1 N–H and O–H groups in total. The molecule has 0 saturated heterocycles. The van der Waals surface area contributed by atoms with Gasteiger partial charge in [0.05, 0.1) is 6.04 Å². The van der Waals surface area contributed by atoms with Crippen molar-refractivity contribution in [1.82, 2.24) is 5.32 Å². The van der Waals surface area contributed by atoms with Gasteiger partial charge in [0.2, 0.25) is 5.91 Å². The minimum atomic E-state index is 0.0892. The van der Waals surface area contributed by atoms with Crippen molar-refractivity contribution < 1.29 is 4.79 Å². The third-order valence-electron chi connectivity index (χ3n) is 2.08. The van der Waals surface area contributed by atoms with Crippen LogP contribution in [-0.2, 0) is 4.79 Å². The van der Waals surface area contributed by atoms with E-state index in [0.717, 1.165) is 17.3 Å². The van der Waals surface area contributed by atoms with Crippen molar-refractivity contribution in [2.75, 3.05) is 5.33 Å². The van der Waals surface area contributed by atoms with Crippen molar-refractivity contribution in [2.45, 2.75) is 26.3 Å². The predicted octanol–water partition coefficient (Wildman–Crippen LogP) is 1.61. The molecule has 0 bridgehead atoms. The third-order valence-corrected chi connectivity index (χ3v) is 2.73. The van der Waals surface area contributed by atoms with Crippen molar-refractivity contribution in [1.29, 1.82) is 0 Å². The molecule has 1 heterocycles. The molecule has 1 atom stereocenters. The van der Waals surface area contributed by atoms with Crippen LogP contribution in [0.5, 0.6) is 0 Å². The van der Waals surface area contributed by atoms with Gasteiger partial charge < -0.3 is 5.32 Å². The first-order chi connectivity index (χ1) is 5.20. The second-order valence-electron chi connectivity index (χ2n) is 2.68. The topological polar surface area (TPSA) is 29.1 Å². The molecular formula is C8H12BrNO. The molecule has 1 amide bonds. The summed E-state index contributed by atoms with van der Waals surface area (Å²) in [5, 5.41) is 3.71. The molecule has 62 valence electrons. The van der Waals surface area contributed by atoms with Crippen molar-refractivity contribution in [3.8, 4) is 0 Å². The summed E-state index contributed by atoms with van der Waals surface area (Å²) in [6, 6.07) is 0.229. The van der Waals surface area contributed by atoms with Crippen LogP contribution in [-0.4, -0.2) is 17.3 Å². The second-order valence-corrected chi connectivity index (χ2v) is 3.33. The Morgan fingerprint density at radius 2 is 2.27 bits per heavy atom. The van der Waals surface area contributed by atoms with Gasteiger partial charge in [0.25, 0.3) is 0 Å². The van der Waals surface area contributed by atoms with Gasteiger partial charge in [-0.05, 0) is 18.9 Å². The summed E-state index contributed by atoms with van der Waals surface area (Å²) in [4.78, 5) is 11.1. The monoisotopic (exact) mass is 217 g/mol. The van der Waals surface area contributed by atoms with Crippen molar-refractivity contribution in [3.63, 3.8) is 0 Å². The number of nitrogens with one attached hydrogen (secondary N) is 1. The van der Waals surface area contributed by atoms with Crippen molar-refractivity contribution in [3.05, 3.63) is 11.1 Å². The fourth-order valence-electron chi connectivity index (χ4n) is 1.40. The minimum absolute atomic E-state index is 0.0892. The van der Waals surface area contributed by atoms with Crippen LogP contribution in [0.3, 0.4) is 0 Å². The molecule has 0 fully saturated rings. The maximum Gasteiger partial charge on any atom is 0.247 e. The van der Waals surface area contributed by atoms with Gasteiger partial charge in [0, 0.05) is 10.9 Å². The lowest BCUT2D eigenvalue weighted by atomic mass is 10.1. The molecule has 0 aromatic carbocycles. The van der Waals surface area contributed by atoms with E-state index >= 15 is 0 Å². The highest BCUT2D eigenvalue weighted by molar-refractivity contribution is 9.09. The SMILES string of the molecule is CCC1=C(C)C(=O)NC1CBr. The molecule has 0 aliphatic carbocycles. The van der Waals surface area contributed by atoms with Crippen LogP contribution in [0, 0.1) is 0 Å². The summed E-state index contributed by atoms with van der Waals surface area (Å²) in [6.07, 6.45) is 0.959. The Morgan fingerprint density at radius 3 is 2.64 bits per heavy atom. The Bertz CT molecular complexity index is 210. The predicted molar refractivity (Wildman–Crippen MR) is 48.7 cm³/mol. The quantitative estimate of drug-likeness (QED) is 0.701. The van der Waals surface area contributed by atoms with E-state index in [2.05, 4.69) is 28.2 Å². The summed E-state index contributed by atoms with van der Waals surface area (Å²) in [7, 11) is 0. The van der Waals surface area contributed by atoms with Crippen LogP contribution in [0.25, 0.3) is 0 Å². The number of hydrogen-bond donors (Lipinski definition) is 1. The number of rotatable bonds is 2. The first kappa shape index (κ1) is 8.78. The molecule has 1 rings (SSSR count). The van der Waals surface area contributed by atoms with E-state index in [1.807, 2.05) is 6.92 Å². The van der Waals surface area contributed by atoms with Crippen LogP contribution in [0.1, 0.15) is 20.3 Å². The van der Waals surface area contributed by atoms with E-state index in [1.54, 1.807) is 0 Å². The molecule has 3 heteroatoms. The number of alkyl halides is 1. The maximum absolute atomic E-state index is 11.1. The fourth-order valence-corrected chi connectivity index (χ4v) is 1.96. The van der Waals surface area contributed by atoms with Crippen LogP contribution >= 0.6 is 15.9 Å². The zero-order valence-corrected chi connectivity index (χ0v) is 8.36. The van der Waals surface area contributed by atoms with Gasteiger partial charge in [0.1, 0.15) is 0 Å². The molecule has 0 aromatic heterocycles. The fraction of sp³-hybridized carbons (Fsp3) is 0.625. The minimum Gasteiger partial charge on any atom is -0.345 e. The van der Waals surface area contributed by atoms with Gasteiger partial charge in [0.15, 0.2) is 0 Å². The average Bonchev–Trinajstić information content (AvgIpc) is 2.28. The van der Waals surface area contributed by atoms with E-state index in [9.17, 15) is 4.79 Å². The lowest BCUT2D eigenvalue weighted by Crippen LogP contribution is -2.29. The smallest absolute Gasteiger partial charge is 0.247 e. The molecule has 0 saturated carbocycles. The molecule has 11 heavy (non-hydrogen) atoms. The summed E-state index contributed by atoms with van der Waals surface area (Å²) >= 11 is 3.36. The second kappa shape index (κ2) is 3.39. The molecule has 1 aliphatic heterocycles. The average molecular weight is 218 g/mol. The summed E-state index contributed by atoms with van der Waals surface area (Å²) in [5.41, 5.74) is 2.14. The Labute approximate surface area is 75.2 Å². The van der Waals surface area contributed by atoms with Crippen molar-refractivity contribution in [2.24, 2.45) is 0 Å². The zero-order chi connectivity index (χ0) is 8.43. The van der Waals surface area contributed by atoms with Gasteiger partial charge >= 0.3 is 0 Å². The van der Waals surface area contributed by atoms with Gasteiger partial charge in [-0.25, -0.2) is 0 Å². The first-order valence-corrected chi connectivity index (χ1v) is 4.89. The summed E-state index contributed by atoms with van der Waals surface area (Å²) < 4.78 is 0. The van der Waals surface area contributed by atoms with Crippen molar-refractivity contribution >= 4 is 21.8 Å². The molecule has 2 nitrogen and oxygen atoms in total. The Morgan fingerprint density at radius 1 is 1.64 bits per heavy atom. The molecular weight excluding hydrogens is 206 g/mol. The van der Waals surface area contributed by atoms with Gasteiger partial charge in [-0.15, -0.1) is 0 Å². The van der Waals surface area contributed by atoms with Gasteiger partial charge in [-0.1, -0.05) is 22.9 Å². The molecule has 0 spiro atoms. The van der Waals surface area contributed by atoms with Crippen LogP contribution in [0.4, 0.5) is 0 Å². The van der Waals surface area contributed by atoms with E-state index in [0.29, 0.717) is 0 Å². The van der Waals surface area contributed by atoms with E-state index in [-0.39, 0.29) is 11.9 Å². The normalized spacial score (nSPS) is 24.3. The van der Waals surface area contributed by atoms with E-state index in [1.165, 1.54) is 5.57 Å². The summed E-state index contributed by atoms with van der Waals surface area (Å²) in [6.45, 7) is 3.96. The first-order valence-electron chi connectivity index (χ1n) is 3.77. The number of halogens is 1. The Kier molecular flexibility index (Phi) is 2.71. The standard InChI is InChI=1S/C8H12BrNO/c1-3-6-5(2)8(11)10-7(6)4-9/h7H,3-4H2,1-2H3,(H,10,11). The third kappa shape index (κ3) is 1.48. The van der Waals surface area contributed by atoms with Crippen LogP contribution in [0.2, 0.25) is 0 Å². The number of carbonyl (C=O) groups is 1. The lowest BCUT2D eigenvalue weighted by molar-refractivity contribution is -0.116. The van der Waals surface area contributed by atoms with Gasteiger partial charge in [-0.2, -0.15) is 0 Å². The highest BCUT2D eigenvalue weighted by Crippen LogP contribution is 2.20. The highest BCUT2D eigenvalue weighted by atomic mass is 79.9. The van der Waals surface area contributed by atoms with E-state index in [4.69, 9.17) is 0 Å². The van der Waals surface area contributed by atoms with E-state index < -0.39 is 0 Å².